The van der Waals surface area contributed by atoms with Crippen molar-refractivity contribution in [2.75, 3.05) is 46.4 Å². The topological polar surface area (TPSA) is 53.1 Å². The van der Waals surface area contributed by atoms with Crippen molar-refractivity contribution < 1.29 is 14.3 Å². The van der Waals surface area contributed by atoms with Crippen LogP contribution in [0.2, 0.25) is 0 Å². The normalized spacial score (nSPS) is 18.2. The summed E-state index contributed by atoms with van der Waals surface area (Å²) in [7, 11) is 1.73. The lowest BCUT2D eigenvalue weighted by Gasteiger charge is -2.36. The van der Waals surface area contributed by atoms with Gasteiger partial charge in [0.25, 0.3) is 0 Å². The van der Waals surface area contributed by atoms with Gasteiger partial charge < -0.3 is 14.5 Å². The molecule has 3 rings (SSSR count). The molecule has 0 saturated carbocycles. The molecule has 0 spiro atoms. The number of likely N-dealkylation sites (tertiary alicyclic amines) is 2. The van der Waals surface area contributed by atoms with Crippen molar-refractivity contribution in [3.63, 3.8) is 0 Å². The van der Waals surface area contributed by atoms with Crippen LogP contribution in [0.25, 0.3) is 0 Å². The molecule has 32 heavy (non-hydrogen) atoms. The summed E-state index contributed by atoms with van der Waals surface area (Å²) in [4.78, 5) is 31.5. The predicted octanol–water partition coefficient (Wildman–Crippen LogP) is 3.79. The smallest absolute Gasteiger partial charge is 0.224 e. The van der Waals surface area contributed by atoms with E-state index in [1.54, 1.807) is 7.11 Å². The molecule has 0 bridgehead atoms. The number of ether oxygens (including phenoxy) is 1. The molecule has 178 valence electrons. The number of rotatable bonds is 10. The van der Waals surface area contributed by atoms with Crippen LogP contribution < -0.4 is 4.74 Å². The molecule has 2 aliphatic rings. The lowest BCUT2D eigenvalue weighted by Crippen LogP contribution is -2.44. The van der Waals surface area contributed by atoms with Gasteiger partial charge in [-0.1, -0.05) is 32.0 Å². The van der Waals surface area contributed by atoms with Crippen molar-refractivity contribution >= 4 is 11.8 Å². The highest BCUT2D eigenvalue weighted by molar-refractivity contribution is 5.79. The van der Waals surface area contributed by atoms with Gasteiger partial charge in [0.1, 0.15) is 5.75 Å². The first-order valence-corrected chi connectivity index (χ1v) is 12.4. The number of piperidine rings is 2. The second-order valence-electron chi connectivity index (χ2n) is 9.81. The average molecular weight is 444 g/mol. The number of hydrogen-bond donors (Lipinski definition) is 0. The van der Waals surface area contributed by atoms with Crippen LogP contribution in [0.15, 0.2) is 24.3 Å². The highest BCUT2D eigenvalue weighted by Crippen LogP contribution is 2.24. The Labute approximate surface area is 193 Å². The Kier molecular flexibility index (Phi) is 9.39. The quantitative estimate of drug-likeness (QED) is 0.552. The predicted molar refractivity (Wildman–Crippen MR) is 127 cm³/mol. The fourth-order valence-electron chi connectivity index (χ4n) is 4.92. The van der Waals surface area contributed by atoms with E-state index in [-0.39, 0.29) is 11.8 Å². The highest BCUT2D eigenvalue weighted by Gasteiger charge is 2.26. The maximum atomic E-state index is 13.0. The van der Waals surface area contributed by atoms with E-state index < -0.39 is 0 Å². The van der Waals surface area contributed by atoms with E-state index in [4.69, 9.17) is 4.74 Å². The fourth-order valence-corrected chi connectivity index (χ4v) is 4.92. The summed E-state index contributed by atoms with van der Waals surface area (Å²) < 4.78 is 5.50. The summed E-state index contributed by atoms with van der Waals surface area (Å²) in [5.74, 6) is 2.36. The SMILES string of the molecule is COc1ccccc1CN1CCC(CN(CC(C)C)C(=O)CCN2CCCCC2=O)CC1. The van der Waals surface area contributed by atoms with Crippen molar-refractivity contribution in [3.05, 3.63) is 29.8 Å². The molecule has 2 heterocycles. The molecule has 0 atom stereocenters. The Hall–Kier alpha value is -2.08. The number of carbonyl (C=O) groups excluding carboxylic acids is 2. The number of methoxy groups -OCH3 is 1. The van der Waals surface area contributed by atoms with Crippen LogP contribution in [0.5, 0.6) is 5.75 Å². The molecule has 0 aliphatic carbocycles. The van der Waals surface area contributed by atoms with Gasteiger partial charge in [-0.15, -0.1) is 0 Å². The van der Waals surface area contributed by atoms with E-state index in [1.807, 2.05) is 17.0 Å². The zero-order valence-corrected chi connectivity index (χ0v) is 20.2. The first-order chi connectivity index (χ1) is 15.5. The first-order valence-electron chi connectivity index (χ1n) is 12.4. The van der Waals surface area contributed by atoms with Crippen LogP contribution in [-0.2, 0) is 16.1 Å². The Morgan fingerprint density at radius 3 is 2.59 bits per heavy atom. The summed E-state index contributed by atoms with van der Waals surface area (Å²) in [6.45, 7) is 10.4. The van der Waals surface area contributed by atoms with E-state index in [0.29, 0.717) is 31.2 Å². The van der Waals surface area contributed by atoms with E-state index in [9.17, 15) is 9.59 Å². The number of benzene rings is 1. The third-order valence-electron chi connectivity index (χ3n) is 6.73. The molecule has 0 radical (unpaired) electrons. The van der Waals surface area contributed by atoms with Crippen LogP contribution in [0.3, 0.4) is 0 Å². The Morgan fingerprint density at radius 2 is 1.91 bits per heavy atom. The molecular formula is C26H41N3O3. The van der Waals surface area contributed by atoms with Gasteiger partial charge in [0.15, 0.2) is 0 Å². The maximum Gasteiger partial charge on any atom is 0.224 e. The van der Waals surface area contributed by atoms with E-state index >= 15 is 0 Å². The molecule has 0 N–H and O–H groups in total. The number of para-hydroxylation sites is 1. The van der Waals surface area contributed by atoms with Gasteiger partial charge in [0.05, 0.1) is 7.11 Å². The molecule has 1 aromatic rings. The zero-order valence-electron chi connectivity index (χ0n) is 20.2. The third-order valence-corrected chi connectivity index (χ3v) is 6.73. The molecule has 2 amide bonds. The van der Waals surface area contributed by atoms with Gasteiger partial charge in [0, 0.05) is 51.1 Å². The van der Waals surface area contributed by atoms with Crippen molar-refractivity contribution in [1.29, 1.82) is 0 Å². The second kappa shape index (κ2) is 12.2. The molecule has 2 fully saturated rings. The standard InChI is InChI=1S/C26H41N3O3/c1-21(2)18-29(26(31)13-17-28-14-7-6-10-25(28)30)19-22-11-15-27(16-12-22)20-23-8-4-5-9-24(23)32-3/h4-5,8-9,21-22H,6-7,10-20H2,1-3H3. The lowest BCUT2D eigenvalue weighted by atomic mass is 9.95. The van der Waals surface area contributed by atoms with Crippen molar-refractivity contribution in [2.24, 2.45) is 11.8 Å². The summed E-state index contributed by atoms with van der Waals surface area (Å²) in [5.41, 5.74) is 1.23. The maximum absolute atomic E-state index is 13.0. The molecule has 6 nitrogen and oxygen atoms in total. The molecule has 0 aromatic heterocycles. The molecular weight excluding hydrogens is 402 g/mol. The summed E-state index contributed by atoms with van der Waals surface area (Å²) in [6.07, 6.45) is 5.35. The minimum Gasteiger partial charge on any atom is -0.496 e. The van der Waals surface area contributed by atoms with Crippen LogP contribution >= 0.6 is 0 Å². The number of nitrogens with zero attached hydrogens (tertiary/aromatic N) is 3. The van der Waals surface area contributed by atoms with Crippen molar-refractivity contribution in [3.8, 4) is 5.75 Å². The third kappa shape index (κ3) is 7.22. The van der Waals surface area contributed by atoms with Crippen molar-refractivity contribution in [1.82, 2.24) is 14.7 Å². The second-order valence-corrected chi connectivity index (χ2v) is 9.81. The number of amides is 2. The van der Waals surface area contributed by atoms with Crippen molar-refractivity contribution in [2.45, 2.75) is 58.9 Å². The Morgan fingerprint density at radius 1 is 1.16 bits per heavy atom. The largest absolute Gasteiger partial charge is 0.496 e. The molecule has 0 unspecified atom stereocenters. The van der Waals surface area contributed by atoms with Crippen LogP contribution in [-0.4, -0.2) is 72.9 Å². The van der Waals surface area contributed by atoms with Gasteiger partial charge in [-0.05, 0) is 56.7 Å². The highest BCUT2D eigenvalue weighted by atomic mass is 16.5. The summed E-state index contributed by atoms with van der Waals surface area (Å²) >= 11 is 0. The molecule has 2 aliphatic heterocycles. The monoisotopic (exact) mass is 443 g/mol. The molecule has 6 heteroatoms. The Balaban J connectivity index is 1.48. The average Bonchev–Trinajstić information content (AvgIpc) is 2.79. The number of carbonyl (C=O) groups is 2. The summed E-state index contributed by atoms with van der Waals surface area (Å²) in [5, 5.41) is 0. The van der Waals surface area contributed by atoms with Crippen LogP contribution in [0.4, 0.5) is 0 Å². The first kappa shape index (κ1) is 24.6. The van der Waals surface area contributed by atoms with E-state index in [0.717, 1.165) is 70.7 Å². The van der Waals surface area contributed by atoms with Crippen LogP contribution in [0, 0.1) is 11.8 Å². The van der Waals surface area contributed by atoms with Gasteiger partial charge in [-0.2, -0.15) is 0 Å². The van der Waals surface area contributed by atoms with Gasteiger partial charge >= 0.3 is 0 Å². The van der Waals surface area contributed by atoms with E-state index in [2.05, 4.69) is 35.8 Å². The molecule has 1 aromatic carbocycles. The minimum absolute atomic E-state index is 0.202. The van der Waals surface area contributed by atoms with Crippen LogP contribution in [0.1, 0.15) is 57.9 Å². The molecule has 2 saturated heterocycles. The van der Waals surface area contributed by atoms with Gasteiger partial charge in [-0.3, -0.25) is 14.5 Å². The lowest BCUT2D eigenvalue weighted by molar-refractivity contribution is -0.136. The number of hydrogen-bond acceptors (Lipinski definition) is 4. The minimum atomic E-state index is 0.202. The van der Waals surface area contributed by atoms with Gasteiger partial charge in [-0.25, -0.2) is 0 Å². The zero-order chi connectivity index (χ0) is 22.9. The Bertz CT molecular complexity index is 744. The van der Waals surface area contributed by atoms with Gasteiger partial charge in [0.2, 0.25) is 11.8 Å². The fraction of sp³-hybridized carbons (Fsp3) is 0.692. The van der Waals surface area contributed by atoms with E-state index in [1.165, 1.54) is 5.56 Å². The summed E-state index contributed by atoms with van der Waals surface area (Å²) in [6, 6.07) is 8.24.